The molecule has 0 saturated carbocycles. The smallest absolute Gasteiger partial charge is 0.353 e. The van der Waals surface area contributed by atoms with Crippen molar-refractivity contribution in [3.05, 3.63) is 34.6 Å². The van der Waals surface area contributed by atoms with Gasteiger partial charge in [0.25, 0.3) is 0 Å². The third-order valence-corrected chi connectivity index (χ3v) is 3.35. The molecule has 0 unspecified atom stereocenters. The Morgan fingerprint density at radius 2 is 1.96 bits per heavy atom. The SMILES string of the molecule is CCCNc1ncnc(Nc2ccc3c(c2)OCCO3)c1[N+](=O)[O-]. The van der Waals surface area contributed by atoms with Crippen molar-refractivity contribution in [1.82, 2.24) is 9.97 Å². The number of fused-ring (bicyclic) bond motifs is 1. The molecule has 2 aromatic rings. The lowest BCUT2D eigenvalue weighted by atomic mass is 10.2. The molecule has 2 N–H and O–H groups in total. The van der Waals surface area contributed by atoms with Crippen LogP contribution in [-0.4, -0.2) is 34.6 Å². The molecule has 1 aromatic heterocycles. The first kappa shape index (κ1) is 15.8. The van der Waals surface area contributed by atoms with Crippen LogP contribution in [0.2, 0.25) is 0 Å². The summed E-state index contributed by atoms with van der Waals surface area (Å²) in [6, 6.07) is 5.22. The van der Waals surface area contributed by atoms with Crippen LogP contribution in [0.4, 0.5) is 23.0 Å². The van der Waals surface area contributed by atoms with Gasteiger partial charge in [0, 0.05) is 18.3 Å². The molecule has 1 aromatic carbocycles. The highest BCUT2D eigenvalue weighted by molar-refractivity contribution is 5.74. The van der Waals surface area contributed by atoms with Crippen LogP contribution in [0.15, 0.2) is 24.5 Å². The number of aromatic nitrogens is 2. The summed E-state index contributed by atoms with van der Waals surface area (Å²) in [5.41, 5.74) is 0.420. The Labute approximate surface area is 138 Å². The van der Waals surface area contributed by atoms with E-state index in [2.05, 4.69) is 20.6 Å². The van der Waals surface area contributed by atoms with E-state index < -0.39 is 4.92 Å². The Hall–Kier alpha value is -3.10. The van der Waals surface area contributed by atoms with Crippen LogP contribution < -0.4 is 20.1 Å². The Bertz CT molecular complexity index is 753. The molecule has 0 atom stereocenters. The summed E-state index contributed by atoms with van der Waals surface area (Å²) in [5.74, 6) is 1.55. The van der Waals surface area contributed by atoms with Crippen molar-refractivity contribution in [2.45, 2.75) is 13.3 Å². The molecule has 1 aliphatic rings. The van der Waals surface area contributed by atoms with E-state index in [1.54, 1.807) is 18.2 Å². The molecular weight excluding hydrogens is 314 g/mol. The van der Waals surface area contributed by atoms with Gasteiger partial charge in [-0.05, 0) is 18.6 Å². The number of hydrogen-bond donors (Lipinski definition) is 2. The van der Waals surface area contributed by atoms with Gasteiger partial charge in [-0.15, -0.1) is 0 Å². The summed E-state index contributed by atoms with van der Waals surface area (Å²) >= 11 is 0. The maximum absolute atomic E-state index is 11.4. The van der Waals surface area contributed by atoms with Gasteiger partial charge in [0.15, 0.2) is 11.5 Å². The zero-order valence-corrected chi connectivity index (χ0v) is 13.1. The van der Waals surface area contributed by atoms with Crippen molar-refractivity contribution in [3.8, 4) is 11.5 Å². The second kappa shape index (κ2) is 6.99. The van der Waals surface area contributed by atoms with E-state index in [-0.39, 0.29) is 17.3 Å². The molecule has 0 saturated heterocycles. The number of nitro groups is 1. The van der Waals surface area contributed by atoms with Gasteiger partial charge >= 0.3 is 5.69 Å². The van der Waals surface area contributed by atoms with Crippen molar-refractivity contribution in [3.63, 3.8) is 0 Å². The van der Waals surface area contributed by atoms with Gasteiger partial charge in [-0.1, -0.05) is 6.92 Å². The average molecular weight is 331 g/mol. The third-order valence-electron chi connectivity index (χ3n) is 3.35. The second-order valence-corrected chi connectivity index (χ2v) is 5.09. The molecule has 9 heteroatoms. The topological polar surface area (TPSA) is 111 Å². The minimum atomic E-state index is -0.502. The van der Waals surface area contributed by atoms with E-state index in [1.165, 1.54) is 6.33 Å². The van der Waals surface area contributed by atoms with Gasteiger partial charge in [0.2, 0.25) is 11.6 Å². The number of anilines is 3. The first-order valence-corrected chi connectivity index (χ1v) is 7.59. The van der Waals surface area contributed by atoms with Gasteiger partial charge in [0.05, 0.1) is 4.92 Å². The van der Waals surface area contributed by atoms with Crippen molar-refractivity contribution in [2.24, 2.45) is 0 Å². The monoisotopic (exact) mass is 331 g/mol. The first-order valence-electron chi connectivity index (χ1n) is 7.59. The molecule has 3 rings (SSSR count). The minimum absolute atomic E-state index is 0.116. The number of ether oxygens (including phenoxy) is 2. The standard InChI is InChI=1S/C15H17N5O4/c1-2-5-16-14-13(20(21)22)15(18-9-17-14)19-10-3-4-11-12(8-10)24-7-6-23-11/h3-4,8-9H,2,5-7H2,1H3,(H2,16,17,18,19). The number of hydrogen-bond acceptors (Lipinski definition) is 8. The highest BCUT2D eigenvalue weighted by Gasteiger charge is 2.23. The Morgan fingerprint density at radius 3 is 2.71 bits per heavy atom. The predicted octanol–water partition coefficient (Wildman–Crippen LogP) is 2.72. The number of nitrogens with one attached hydrogen (secondary N) is 2. The molecule has 126 valence electrons. The first-order chi connectivity index (χ1) is 11.7. The Kier molecular flexibility index (Phi) is 4.59. The second-order valence-electron chi connectivity index (χ2n) is 5.09. The summed E-state index contributed by atoms with van der Waals surface area (Å²) in [6.07, 6.45) is 2.11. The van der Waals surface area contributed by atoms with Crippen LogP contribution in [0.1, 0.15) is 13.3 Å². The summed E-state index contributed by atoms with van der Waals surface area (Å²) in [5, 5.41) is 17.3. The minimum Gasteiger partial charge on any atom is -0.486 e. The third kappa shape index (κ3) is 3.29. The fraction of sp³-hybridized carbons (Fsp3) is 0.333. The highest BCUT2D eigenvalue weighted by atomic mass is 16.6. The summed E-state index contributed by atoms with van der Waals surface area (Å²) in [4.78, 5) is 18.9. The molecule has 9 nitrogen and oxygen atoms in total. The van der Waals surface area contributed by atoms with Crippen LogP contribution in [0.25, 0.3) is 0 Å². The van der Waals surface area contributed by atoms with Crippen molar-refractivity contribution < 1.29 is 14.4 Å². The van der Waals surface area contributed by atoms with Crippen molar-refractivity contribution in [2.75, 3.05) is 30.4 Å². The zero-order valence-electron chi connectivity index (χ0n) is 13.1. The lowest BCUT2D eigenvalue weighted by Crippen LogP contribution is -2.15. The largest absolute Gasteiger partial charge is 0.486 e. The van der Waals surface area contributed by atoms with Gasteiger partial charge in [0.1, 0.15) is 19.5 Å². The van der Waals surface area contributed by atoms with Gasteiger partial charge in [-0.25, -0.2) is 9.97 Å². The number of nitrogens with zero attached hydrogens (tertiary/aromatic N) is 3. The maximum atomic E-state index is 11.4. The predicted molar refractivity (Wildman–Crippen MR) is 88.2 cm³/mol. The molecule has 24 heavy (non-hydrogen) atoms. The van der Waals surface area contributed by atoms with Crippen molar-refractivity contribution in [1.29, 1.82) is 0 Å². The van der Waals surface area contributed by atoms with Crippen LogP contribution in [0.3, 0.4) is 0 Å². The highest BCUT2D eigenvalue weighted by Crippen LogP contribution is 2.36. The normalized spacial score (nSPS) is 12.5. The van der Waals surface area contributed by atoms with Gasteiger partial charge in [-0.2, -0.15) is 0 Å². The molecule has 0 spiro atoms. The molecule has 1 aliphatic heterocycles. The van der Waals surface area contributed by atoms with Crippen LogP contribution in [-0.2, 0) is 0 Å². The Morgan fingerprint density at radius 1 is 1.21 bits per heavy atom. The molecule has 0 bridgehead atoms. The van der Waals surface area contributed by atoms with E-state index in [1.807, 2.05) is 6.92 Å². The van der Waals surface area contributed by atoms with E-state index in [0.29, 0.717) is 36.9 Å². The van der Waals surface area contributed by atoms with Crippen molar-refractivity contribution >= 4 is 23.0 Å². The zero-order chi connectivity index (χ0) is 16.9. The van der Waals surface area contributed by atoms with E-state index in [9.17, 15) is 10.1 Å². The van der Waals surface area contributed by atoms with Gasteiger partial charge in [-0.3, -0.25) is 10.1 Å². The van der Waals surface area contributed by atoms with E-state index in [4.69, 9.17) is 9.47 Å². The average Bonchev–Trinajstić information content (AvgIpc) is 2.59. The fourth-order valence-corrected chi connectivity index (χ4v) is 2.27. The number of benzene rings is 1. The lowest BCUT2D eigenvalue weighted by Gasteiger charge is -2.19. The van der Waals surface area contributed by atoms with Gasteiger partial charge < -0.3 is 20.1 Å². The fourth-order valence-electron chi connectivity index (χ4n) is 2.27. The molecule has 0 fully saturated rings. The van der Waals surface area contributed by atoms with Crippen LogP contribution >= 0.6 is 0 Å². The van der Waals surface area contributed by atoms with E-state index >= 15 is 0 Å². The maximum Gasteiger partial charge on any atom is 0.353 e. The summed E-state index contributed by atoms with van der Waals surface area (Å²) in [6.45, 7) is 3.52. The number of rotatable bonds is 6. The summed E-state index contributed by atoms with van der Waals surface area (Å²) in [7, 11) is 0. The quantitative estimate of drug-likeness (QED) is 0.614. The summed E-state index contributed by atoms with van der Waals surface area (Å²) < 4.78 is 11.0. The van der Waals surface area contributed by atoms with Crippen LogP contribution in [0, 0.1) is 10.1 Å². The molecule has 0 radical (unpaired) electrons. The molecule has 0 aliphatic carbocycles. The molecule has 2 heterocycles. The van der Waals surface area contributed by atoms with Crippen LogP contribution in [0.5, 0.6) is 11.5 Å². The molecular formula is C15H17N5O4. The molecule has 0 amide bonds. The Balaban J connectivity index is 1.90. The van der Waals surface area contributed by atoms with E-state index in [0.717, 1.165) is 6.42 Å². The lowest BCUT2D eigenvalue weighted by molar-refractivity contribution is -0.383.